The van der Waals surface area contributed by atoms with Gasteiger partial charge in [0.2, 0.25) is 0 Å². The van der Waals surface area contributed by atoms with Gasteiger partial charge in [0.05, 0.1) is 35.2 Å². The van der Waals surface area contributed by atoms with E-state index in [4.69, 9.17) is 9.47 Å². The first kappa shape index (κ1) is 33.7. The highest BCUT2D eigenvalue weighted by Crippen LogP contribution is 2.39. The lowest BCUT2D eigenvalue weighted by atomic mass is 9.94. The van der Waals surface area contributed by atoms with Crippen molar-refractivity contribution in [1.82, 2.24) is 9.55 Å². The number of aryl methyl sites for hydroxylation is 1. The number of unbranched alkanes of at least 4 members (excludes halogenated alkanes) is 1. The SMILES string of the molecule is CCCCOCCOc1ccc(-c2cc3c4c(c2)CCN4CCC/C(C(=O)Nc2ccc([S@@](=O)Cc4cncn4CCC)cc2)=C\3)cc1. The van der Waals surface area contributed by atoms with Gasteiger partial charge in [0, 0.05) is 54.3 Å². The van der Waals surface area contributed by atoms with Gasteiger partial charge in [-0.25, -0.2) is 4.98 Å². The highest BCUT2D eigenvalue weighted by molar-refractivity contribution is 7.84. The van der Waals surface area contributed by atoms with Crippen molar-refractivity contribution in [2.45, 2.75) is 69.6 Å². The van der Waals surface area contributed by atoms with Gasteiger partial charge in [-0.05, 0) is 109 Å². The molecule has 6 rings (SSSR count). The second-order valence-corrected chi connectivity index (χ2v) is 13.9. The molecule has 48 heavy (non-hydrogen) atoms. The zero-order chi connectivity index (χ0) is 33.3. The smallest absolute Gasteiger partial charge is 0.251 e. The fourth-order valence-corrected chi connectivity index (χ4v) is 7.52. The molecule has 9 heteroatoms. The van der Waals surface area contributed by atoms with E-state index in [9.17, 15) is 9.00 Å². The number of nitrogens with one attached hydrogen (secondary N) is 1. The van der Waals surface area contributed by atoms with Crippen LogP contribution in [0.25, 0.3) is 17.2 Å². The highest BCUT2D eigenvalue weighted by atomic mass is 32.2. The molecule has 1 N–H and O–H groups in total. The molecule has 3 aromatic carbocycles. The third kappa shape index (κ3) is 8.25. The minimum atomic E-state index is -1.21. The number of carbonyl (C=O) groups is 1. The summed E-state index contributed by atoms with van der Waals surface area (Å²) in [5, 5.41) is 3.10. The fraction of sp³-hybridized carbons (Fsp3) is 0.385. The Bertz CT molecular complexity index is 1750. The molecule has 2 aliphatic rings. The zero-order valence-electron chi connectivity index (χ0n) is 28.1. The van der Waals surface area contributed by atoms with E-state index in [0.717, 1.165) is 96.9 Å². The standard InChI is InChI=1S/C39H46N4O4S/c1-3-5-20-46-21-22-47-36-12-8-29(9-13-36)32-23-30-16-19-42-18-6-7-31(24-33(25-32)38(30)42)39(44)41-34-10-14-37(15-11-34)48(45)27-35-26-40-28-43(35)17-4-2/h8-15,23-26,28H,3-7,16-22,27H2,1-2H3,(H,41,44)/b31-24+/t48-/m0/s1. The molecule has 1 atom stereocenters. The van der Waals surface area contributed by atoms with Crippen LogP contribution in [0.3, 0.4) is 0 Å². The molecule has 8 nitrogen and oxygen atoms in total. The van der Waals surface area contributed by atoms with Gasteiger partial charge in [0.25, 0.3) is 5.91 Å². The van der Waals surface area contributed by atoms with Crippen LogP contribution in [0.1, 0.15) is 62.8 Å². The molecule has 4 aromatic rings. The molecule has 0 fully saturated rings. The number of nitrogens with zero attached hydrogens (tertiary/aromatic N) is 3. The number of hydrogen-bond acceptors (Lipinski definition) is 6. The first-order valence-electron chi connectivity index (χ1n) is 17.2. The second kappa shape index (κ2) is 16.3. The molecule has 2 aliphatic heterocycles. The van der Waals surface area contributed by atoms with E-state index in [0.29, 0.717) is 31.1 Å². The second-order valence-electron chi connectivity index (χ2n) is 12.5. The summed E-state index contributed by atoms with van der Waals surface area (Å²) >= 11 is 0. The van der Waals surface area contributed by atoms with Crippen molar-refractivity contribution in [1.29, 1.82) is 0 Å². The van der Waals surface area contributed by atoms with Gasteiger partial charge in [0.15, 0.2) is 0 Å². The summed E-state index contributed by atoms with van der Waals surface area (Å²) in [6, 6.07) is 20.1. The first-order chi connectivity index (χ1) is 23.5. The van der Waals surface area contributed by atoms with E-state index in [1.165, 1.54) is 11.3 Å². The van der Waals surface area contributed by atoms with Crippen molar-refractivity contribution in [3.05, 3.63) is 95.6 Å². The van der Waals surface area contributed by atoms with Crippen LogP contribution in [0.2, 0.25) is 0 Å². The quantitative estimate of drug-likeness (QED) is 0.131. The Balaban J connectivity index is 1.14. The zero-order valence-corrected chi connectivity index (χ0v) is 28.9. The summed E-state index contributed by atoms with van der Waals surface area (Å²) in [5.41, 5.74) is 8.33. The number of anilines is 2. The van der Waals surface area contributed by atoms with E-state index < -0.39 is 10.8 Å². The lowest BCUT2D eigenvalue weighted by Crippen LogP contribution is -2.24. The minimum Gasteiger partial charge on any atom is -0.491 e. The van der Waals surface area contributed by atoms with Crippen molar-refractivity contribution in [2.75, 3.05) is 43.1 Å². The van der Waals surface area contributed by atoms with Crippen LogP contribution in [0.4, 0.5) is 11.4 Å². The predicted molar refractivity (Wildman–Crippen MR) is 194 cm³/mol. The summed E-state index contributed by atoms with van der Waals surface area (Å²) in [4.78, 5) is 21.0. The molecule has 252 valence electrons. The van der Waals surface area contributed by atoms with Gasteiger partial charge >= 0.3 is 0 Å². The number of carbonyl (C=O) groups excluding carboxylic acids is 1. The largest absolute Gasteiger partial charge is 0.491 e. The lowest BCUT2D eigenvalue weighted by molar-refractivity contribution is -0.112. The average molecular weight is 667 g/mol. The van der Waals surface area contributed by atoms with Crippen LogP contribution in [-0.4, -0.2) is 52.6 Å². The van der Waals surface area contributed by atoms with Crippen molar-refractivity contribution in [3.8, 4) is 16.9 Å². The Hall–Kier alpha value is -4.21. The third-order valence-electron chi connectivity index (χ3n) is 8.92. The summed E-state index contributed by atoms with van der Waals surface area (Å²) in [7, 11) is -1.21. The van der Waals surface area contributed by atoms with Crippen LogP contribution < -0.4 is 15.0 Å². The van der Waals surface area contributed by atoms with Crippen LogP contribution in [0.15, 0.2) is 83.7 Å². The third-order valence-corrected chi connectivity index (χ3v) is 10.3. The Kier molecular flexibility index (Phi) is 11.4. The van der Waals surface area contributed by atoms with Crippen LogP contribution >= 0.6 is 0 Å². The van der Waals surface area contributed by atoms with Gasteiger partial charge in [0.1, 0.15) is 12.4 Å². The minimum absolute atomic E-state index is 0.0990. The van der Waals surface area contributed by atoms with Gasteiger partial charge in [-0.3, -0.25) is 9.00 Å². The maximum Gasteiger partial charge on any atom is 0.251 e. The normalized spacial score (nSPS) is 15.6. The number of imidazole rings is 1. The topological polar surface area (TPSA) is 85.7 Å². The fourth-order valence-electron chi connectivity index (χ4n) is 6.40. The van der Waals surface area contributed by atoms with Crippen molar-refractivity contribution >= 4 is 34.2 Å². The summed E-state index contributed by atoms with van der Waals surface area (Å²) < 4.78 is 26.6. The molecular formula is C39H46N4O4S. The van der Waals surface area contributed by atoms with Gasteiger partial charge in [-0.1, -0.05) is 32.4 Å². The van der Waals surface area contributed by atoms with Crippen molar-refractivity contribution < 1.29 is 18.5 Å². The number of rotatable bonds is 15. The summed E-state index contributed by atoms with van der Waals surface area (Å²) in [6.07, 6.45) is 11.5. The molecule has 0 unspecified atom stereocenters. The van der Waals surface area contributed by atoms with Gasteiger partial charge in [-0.2, -0.15) is 0 Å². The molecule has 0 spiro atoms. The molecule has 0 radical (unpaired) electrons. The molecule has 3 heterocycles. The Morgan fingerprint density at radius 3 is 2.56 bits per heavy atom. The molecule has 0 saturated heterocycles. The molecule has 1 aromatic heterocycles. The first-order valence-corrected chi connectivity index (χ1v) is 18.6. The molecule has 0 aliphatic carbocycles. The molecule has 0 saturated carbocycles. The number of aromatic nitrogens is 2. The van der Waals surface area contributed by atoms with E-state index in [1.54, 1.807) is 12.5 Å². The summed E-state index contributed by atoms with van der Waals surface area (Å²) in [5.74, 6) is 1.14. The van der Waals surface area contributed by atoms with Gasteiger partial charge < -0.3 is 24.3 Å². The van der Waals surface area contributed by atoms with Crippen molar-refractivity contribution in [3.63, 3.8) is 0 Å². The maximum atomic E-state index is 13.6. The molecular weight excluding hydrogens is 621 g/mol. The number of benzene rings is 3. The Morgan fingerprint density at radius 2 is 1.77 bits per heavy atom. The van der Waals surface area contributed by atoms with Crippen LogP contribution in [0, 0.1) is 0 Å². The molecule has 1 amide bonds. The maximum absolute atomic E-state index is 13.6. The Labute approximate surface area is 286 Å². The van der Waals surface area contributed by atoms with E-state index in [1.807, 2.05) is 36.4 Å². The van der Waals surface area contributed by atoms with Gasteiger partial charge in [-0.15, -0.1) is 0 Å². The van der Waals surface area contributed by atoms with E-state index in [2.05, 4.69) is 64.0 Å². The highest BCUT2D eigenvalue weighted by Gasteiger charge is 2.26. The molecule has 0 bridgehead atoms. The van der Waals surface area contributed by atoms with Crippen LogP contribution in [0.5, 0.6) is 5.75 Å². The lowest BCUT2D eigenvalue weighted by Gasteiger charge is -2.25. The average Bonchev–Trinajstić information content (AvgIpc) is 3.71. The monoisotopic (exact) mass is 666 g/mol. The predicted octanol–water partition coefficient (Wildman–Crippen LogP) is 7.64. The van der Waals surface area contributed by atoms with Crippen molar-refractivity contribution in [2.24, 2.45) is 0 Å². The van der Waals surface area contributed by atoms with Crippen LogP contribution in [-0.2, 0) is 39.0 Å². The Morgan fingerprint density at radius 1 is 0.938 bits per heavy atom. The summed E-state index contributed by atoms with van der Waals surface area (Å²) in [6.45, 7) is 8.96. The van der Waals surface area contributed by atoms with E-state index >= 15 is 0 Å². The number of ether oxygens (including phenoxy) is 2. The number of amides is 1. The number of hydrogen-bond donors (Lipinski definition) is 1. The van der Waals surface area contributed by atoms with E-state index in [-0.39, 0.29) is 5.91 Å².